The van der Waals surface area contributed by atoms with Gasteiger partial charge in [0.05, 0.1) is 0 Å². The molecule has 0 atom stereocenters. The third-order valence-electron chi connectivity index (χ3n) is 3.12. The summed E-state index contributed by atoms with van der Waals surface area (Å²) in [5.74, 6) is -0.0292. The summed E-state index contributed by atoms with van der Waals surface area (Å²) in [6.07, 6.45) is 0. The third-order valence-corrected chi connectivity index (χ3v) is 3.12. The number of hydrogen-bond acceptors (Lipinski definition) is 5. The normalized spacial score (nSPS) is 9.61. The molecule has 0 fully saturated rings. The second-order valence-corrected chi connectivity index (χ2v) is 4.84. The Bertz CT molecular complexity index is 672. The number of aromatic nitrogens is 2. The van der Waals surface area contributed by atoms with Gasteiger partial charge in [-0.1, -0.05) is 26.0 Å². The zero-order valence-electron chi connectivity index (χ0n) is 14.3. The van der Waals surface area contributed by atoms with Gasteiger partial charge < -0.3 is 15.7 Å². The van der Waals surface area contributed by atoms with E-state index < -0.39 is 5.97 Å². The van der Waals surface area contributed by atoms with Crippen molar-refractivity contribution >= 4 is 23.4 Å². The van der Waals surface area contributed by atoms with Crippen LogP contribution in [0.2, 0.25) is 0 Å². The highest BCUT2D eigenvalue weighted by Crippen LogP contribution is 2.22. The molecule has 0 saturated heterocycles. The van der Waals surface area contributed by atoms with Gasteiger partial charge in [0.2, 0.25) is 5.95 Å². The Balaban J connectivity index is 0.00000127. The molecule has 6 nitrogen and oxygen atoms in total. The largest absolute Gasteiger partial charge is 0.480 e. The first-order chi connectivity index (χ1) is 11.0. The molecule has 0 radical (unpaired) electrons. The molecule has 1 aromatic heterocycles. The highest BCUT2D eigenvalue weighted by atomic mass is 16.4. The maximum atomic E-state index is 10.6. The van der Waals surface area contributed by atoms with Crippen molar-refractivity contribution in [3.63, 3.8) is 0 Å². The van der Waals surface area contributed by atoms with Crippen LogP contribution in [0.15, 0.2) is 24.3 Å². The fourth-order valence-corrected chi connectivity index (χ4v) is 1.89. The van der Waals surface area contributed by atoms with Crippen molar-refractivity contribution in [3.8, 4) is 0 Å². The van der Waals surface area contributed by atoms with E-state index in [9.17, 15) is 4.79 Å². The Morgan fingerprint density at radius 2 is 1.87 bits per heavy atom. The van der Waals surface area contributed by atoms with Gasteiger partial charge in [0, 0.05) is 17.4 Å². The minimum atomic E-state index is -0.954. The molecule has 1 heterocycles. The standard InChI is InChI=1S/C15H18N4O2.C2H6/c1-9-5-4-6-12(11(9)3)18-13-7-10(2)17-15(19-13)16-8-14(20)21;1-2/h4-7H,8H2,1-3H3,(H,20,21)(H2,16,17,18,19);1-2H3. The van der Waals surface area contributed by atoms with Gasteiger partial charge in [-0.2, -0.15) is 4.98 Å². The monoisotopic (exact) mass is 316 g/mol. The predicted molar refractivity (Wildman–Crippen MR) is 93.4 cm³/mol. The van der Waals surface area contributed by atoms with Crippen LogP contribution in [0.3, 0.4) is 0 Å². The second-order valence-electron chi connectivity index (χ2n) is 4.84. The smallest absolute Gasteiger partial charge is 0.322 e. The number of anilines is 3. The molecule has 124 valence electrons. The van der Waals surface area contributed by atoms with Gasteiger partial charge in [0.15, 0.2) is 0 Å². The first kappa shape index (κ1) is 18.4. The molecule has 1 aromatic carbocycles. The van der Waals surface area contributed by atoms with Crippen molar-refractivity contribution < 1.29 is 9.90 Å². The van der Waals surface area contributed by atoms with E-state index in [2.05, 4.69) is 20.6 Å². The van der Waals surface area contributed by atoms with Gasteiger partial charge in [-0.25, -0.2) is 4.98 Å². The van der Waals surface area contributed by atoms with E-state index in [1.807, 2.05) is 58.9 Å². The number of nitrogens with one attached hydrogen (secondary N) is 2. The molecule has 0 aliphatic carbocycles. The van der Waals surface area contributed by atoms with Crippen LogP contribution in [0, 0.1) is 20.8 Å². The van der Waals surface area contributed by atoms with Gasteiger partial charge >= 0.3 is 5.97 Å². The lowest BCUT2D eigenvalue weighted by atomic mass is 10.1. The van der Waals surface area contributed by atoms with Crippen LogP contribution in [0.25, 0.3) is 0 Å². The molecule has 0 aliphatic heterocycles. The van der Waals surface area contributed by atoms with Crippen LogP contribution in [-0.4, -0.2) is 27.6 Å². The lowest BCUT2D eigenvalue weighted by Crippen LogP contribution is -2.15. The quantitative estimate of drug-likeness (QED) is 0.780. The van der Waals surface area contributed by atoms with E-state index >= 15 is 0 Å². The number of aryl methyl sites for hydroxylation is 2. The summed E-state index contributed by atoms with van der Waals surface area (Å²) < 4.78 is 0. The fraction of sp³-hybridized carbons (Fsp3) is 0.353. The lowest BCUT2D eigenvalue weighted by molar-refractivity contribution is -0.134. The van der Waals surface area contributed by atoms with Crippen molar-refractivity contribution in [3.05, 3.63) is 41.1 Å². The van der Waals surface area contributed by atoms with Crippen molar-refractivity contribution in [2.45, 2.75) is 34.6 Å². The first-order valence-corrected chi connectivity index (χ1v) is 7.60. The van der Waals surface area contributed by atoms with Gasteiger partial charge in [0.1, 0.15) is 12.4 Å². The van der Waals surface area contributed by atoms with Crippen LogP contribution in [0.1, 0.15) is 30.7 Å². The van der Waals surface area contributed by atoms with Crippen LogP contribution < -0.4 is 10.6 Å². The van der Waals surface area contributed by atoms with Crippen molar-refractivity contribution in [1.29, 1.82) is 0 Å². The molecule has 23 heavy (non-hydrogen) atoms. The number of benzene rings is 1. The lowest BCUT2D eigenvalue weighted by Gasteiger charge is -2.12. The Kier molecular flexibility index (Phi) is 6.99. The Labute approximate surface area is 137 Å². The molecule has 3 N–H and O–H groups in total. The van der Waals surface area contributed by atoms with Gasteiger partial charge in [-0.3, -0.25) is 4.79 Å². The molecule has 0 aliphatic rings. The summed E-state index contributed by atoms with van der Waals surface area (Å²) in [6, 6.07) is 7.81. The van der Waals surface area contributed by atoms with E-state index in [0.29, 0.717) is 11.8 Å². The Morgan fingerprint density at radius 3 is 2.52 bits per heavy atom. The molecule has 0 unspecified atom stereocenters. The number of aliphatic carboxylic acids is 1. The number of carboxylic acids is 1. The third kappa shape index (κ3) is 5.58. The van der Waals surface area contributed by atoms with Crippen LogP contribution in [0.4, 0.5) is 17.5 Å². The minimum absolute atomic E-state index is 0.216. The molecule has 0 bridgehead atoms. The molecule has 2 aromatic rings. The highest BCUT2D eigenvalue weighted by Gasteiger charge is 2.06. The number of hydrogen-bond donors (Lipinski definition) is 3. The zero-order valence-corrected chi connectivity index (χ0v) is 14.3. The van der Waals surface area contributed by atoms with Crippen molar-refractivity contribution in [1.82, 2.24) is 9.97 Å². The molecule has 0 amide bonds. The Hall–Kier alpha value is -2.63. The first-order valence-electron chi connectivity index (χ1n) is 7.60. The number of rotatable bonds is 5. The number of nitrogens with zero attached hydrogens (tertiary/aromatic N) is 2. The van der Waals surface area contributed by atoms with E-state index in [4.69, 9.17) is 5.11 Å². The summed E-state index contributed by atoms with van der Waals surface area (Å²) in [5, 5.41) is 14.6. The average Bonchev–Trinajstić information content (AvgIpc) is 2.51. The molecular weight excluding hydrogens is 292 g/mol. The molecule has 0 saturated carbocycles. The average molecular weight is 316 g/mol. The highest BCUT2D eigenvalue weighted by molar-refractivity contribution is 5.72. The predicted octanol–water partition coefficient (Wildman–Crippen LogP) is 3.67. The minimum Gasteiger partial charge on any atom is -0.480 e. The van der Waals surface area contributed by atoms with Gasteiger partial charge in [-0.05, 0) is 38.0 Å². The summed E-state index contributed by atoms with van der Waals surface area (Å²) in [7, 11) is 0. The summed E-state index contributed by atoms with van der Waals surface area (Å²) in [5.41, 5.74) is 4.06. The maximum Gasteiger partial charge on any atom is 0.322 e. The molecule has 0 spiro atoms. The van der Waals surface area contributed by atoms with Crippen molar-refractivity contribution in [2.24, 2.45) is 0 Å². The van der Waals surface area contributed by atoms with E-state index in [0.717, 1.165) is 16.9 Å². The zero-order chi connectivity index (χ0) is 17.4. The molecular formula is C17H24N4O2. The number of carbonyl (C=O) groups is 1. The summed E-state index contributed by atoms with van der Waals surface area (Å²) >= 11 is 0. The Morgan fingerprint density at radius 1 is 1.17 bits per heavy atom. The molecule has 2 rings (SSSR count). The van der Waals surface area contributed by atoms with Crippen LogP contribution in [-0.2, 0) is 4.79 Å². The summed E-state index contributed by atoms with van der Waals surface area (Å²) in [6.45, 7) is 9.70. The SMILES string of the molecule is CC.Cc1cc(Nc2cccc(C)c2C)nc(NCC(=O)O)n1. The number of carboxylic acid groups (broad SMARTS) is 1. The fourth-order valence-electron chi connectivity index (χ4n) is 1.89. The van der Waals surface area contributed by atoms with E-state index in [-0.39, 0.29) is 6.54 Å². The summed E-state index contributed by atoms with van der Waals surface area (Å²) in [4.78, 5) is 19.0. The van der Waals surface area contributed by atoms with Crippen LogP contribution in [0.5, 0.6) is 0 Å². The van der Waals surface area contributed by atoms with E-state index in [1.165, 1.54) is 5.56 Å². The van der Waals surface area contributed by atoms with Gasteiger partial charge in [-0.15, -0.1) is 0 Å². The van der Waals surface area contributed by atoms with E-state index in [1.54, 1.807) is 0 Å². The topological polar surface area (TPSA) is 87.1 Å². The van der Waals surface area contributed by atoms with Crippen LogP contribution >= 0.6 is 0 Å². The second kappa shape index (κ2) is 8.73. The van der Waals surface area contributed by atoms with Gasteiger partial charge in [0.25, 0.3) is 0 Å². The van der Waals surface area contributed by atoms with Crippen molar-refractivity contribution in [2.75, 3.05) is 17.2 Å². The molecule has 6 heteroatoms. The maximum absolute atomic E-state index is 10.6.